The second-order valence-electron chi connectivity index (χ2n) is 5.90. The smallest absolute Gasteiger partial charge is 0.275 e. The Morgan fingerprint density at radius 3 is 2.57 bits per heavy atom. The molecule has 0 bridgehead atoms. The molecule has 0 radical (unpaired) electrons. The molecule has 2 aromatic heterocycles. The Bertz CT molecular complexity index is 1130. The molecular formula is C19H15ClN6O2. The van der Waals surface area contributed by atoms with E-state index in [0.717, 1.165) is 0 Å². The van der Waals surface area contributed by atoms with Gasteiger partial charge in [0.25, 0.3) is 5.56 Å². The van der Waals surface area contributed by atoms with Gasteiger partial charge in [0.1, 0.15) is 11.8 Å². The molecule has 3 aromatic rings. The molecule has 3 rings (SSSR count). The quantitative estimate of drug-likeness (QED) is 0.526. The van der Waals surface area contributed by atoms with Crippen LogP contribution in [-0.4, -0.2) is 33.2 Å². The predicted molar refractivity (Wildman–Crippen MR) is 105 cm³/mol. The Kier molecular flexibility index (Phi) is 5.38. The van der Waals surface area contributed by atoms with Crippen molar-refractivity contribution in [1.82, 2.24) is 19.8 Å². The van der Waals surface area contributed by atoms with Gasteiger partial charge in [-0.3, -0.25) is 20.0 Å². The lowest BCUT2D eigenvalue weighted by Crippen LogP contribution is -2.29. The largest absolute Gasteiger partial charge is 0.278 e. The Morgan fingerprint density at radius 2 is 1.93 bits per heavy atom. The molecule has 1 N–H and O–H groups in total. The molecule has 140 valence electrons. The van der Waals surface area contributed by atoms with Gasteiger partial charge in [-0.15, -0.1) is 0 Å². The first-order valence-electron chi connectivity index (χ1n) is 8.13. The van der Waals surface area contributed by atoms with Crippen molar-refractivity contribution in [3.63, 3.8) is 0 Å². The fourth-order valence-electron chi connectivity index (χ4n) is 2.72. The molecular weight excluding hydrogens is 380 g/mol. The van der Waals surface area contributed by atoms with Gasteiger partial charge in [-0.25, -0.2) is 9.67 Å². The standard InChI is InChI=1S/C19H15ClN6O2/c1-25(11-27)23-18-16(13-7-8-22-15(9-13)10-21)17(19(28)26(2)24-18)12-3-5-14(20)6-4-12/h3-9,11H,1-2H3,(H,23,24). The molecule has 0 saturated heterocycles. The summed E-state index contributed by atoms with van der Waals surface area (Å²) in [4.78, 5) is 28.1. The van der Waals surface area contributed by atoms with Crippen molar-refractivity contribution in [3.8, 4) is 28.3 Å². The fourth-order valence-corrected chi connectivity index (χ4v) is 2.84. The van der Waals surface area contributed by atoms with Crippen molar-refractivity contribution >= 4 is 23.8 Å². The van der Waals surface area contributed by atoms with Crippen LogP contribution in [0.3, 0.4) is 0 Å². The second-order valence-corrected chi connectivity index (χ2v) is 6.34. The van der Waals surface area contributed by atoms with Crippen molar-refractivity contribution in [1.29, 1.82) is 5.26 Å². The van der Waals surface area contributed by atoms with Crippen LogP contribution in [0.4, 0.5) is 5.82 Å². The Hall–Kier alpha value is -3.70. The van der Waals surface area contributed by atoms with Crippen molar-refractivity contribution < 1.29 is 4.79 Å². The molecule has 28 heavy (non-hydrogen) atoms. The number of nitrogens with one attached hydrogen (secondary N) is 1. The number of pyridine rings is 1. The normalized spacial score (nSPS) is 10.2. The maximum Gasteiger partial charge on any atom is 0.275 e. The van der Waals surface area contributed by atoms with E-state index in [-0.39, 0.29) is 17.1 Å². The number of rotatable bonds is 5. The summed E-state index contributed by atoms with van der Waals surface area (Å²) in [6.45, 7) is 0. The number of hydrazine groups is 1. The number of carbonyl (C=O) groups excluding carboxylic acids is 1. The monoisotopic (exact) mass is 394 g/mol. The highest BCUT2D eigenvalue weighted by atomic mass is 35.5. The molecule has 0 fully saturated rings. The minimum absolute atomic E-state index is 0.190. The molecule has 2 heterocycles. The van der Waals surface area contributed by atoms with Crippen LogP contribution in [0.15, 0.2) is 47.4 Å². The summed E-state index contributed by atoms with van der Waals surface area (Å²) in [6.07, 6.45) is 2.05. The molecule has 1 amide bonds. The van der Waals surface area contributed by atoms with Crippen molar-refractivity contribution in [3.05, 3.63) is 63.7 Å². The lowest BCUT2D eigenvalue weighted by atomic mass is 9.96. The van der Waals surface area contributed by atoms with E-state index in [1.807, 2.05) is 6.07 Å². The first-order chi connectivity index (χ1) is 13.4. The lowest BCUT2D eigenvalue weighted by molar-refractivity contribution is -0.115. The van der Waals surface area contributed by atoms with E-state index in [2.05, 4.69) is 15.5 Å². The highest BCUT2D eigenvalue weighted by molar-refractivity contribution is 6.30. The van der Waals surface area contributed by atoms with E-state index in [9.17, 15) is 14.9 Å². The molecule has 1 aromatic carbocycles. The summed E-state index contributed by atoms with van der Waals surface area (Å²) in [5.74, 6) is 0.275. The molecule has 0 aliphatic carbocycles. The minimum Gasteiger partial charge on any atom is -0.278 e. The van der Waals surface area contributed by atoms with Crippen molar-refractivity contribution in [2.75, 3.05) is 12.5 Å². The van der Waals surface area contributed by atoms with Gasteiger partial charge in [0, 0.05) is 30.9 Å². The summed E-state index contributed by atoms with van der Waals surface area (Å²) in [7, 11) is 3.03. The number of nitriles is 1. The topological polar surface area (TPSA) is 104 Å². The number of amides is 1. The average Bonchev–Trinajstić information content (AvgIpc) is 2.71. The van der Waals surface area contributed by atoms with Crippen molar-refractivity contribution in [2.24, 2.45) is 7.05 Å². The van der Waals surface area contributed by atoms with Gasteiger partial charge < -0.3 is 0 Å². The third-order valence-electron chi connectivity index (χ3n) is 3.98. The highest BCUT2D eigenvalue weighted by Crippen LogP contribution is 2.35. The SMILES string of the molecule is CN(C=O)Nc1nn(C)c(=O)c(-c2ccc(Cl)cc2)c1-c1ccnc(C#N)c1. The number of nitrogens with zero attached hydrogens (tertiary/aromatic N) is 5. The summed E-state index contributed by atoms with van der Waals surface area (Å²) in [5.41, 5.74) is 4.67. The van der Waals surface area contributed by atoms with Crippen LogP contribution in [0, 0.1) is 11.3 Å². The van der Waals surface area contributed by atoms with Crippen molar-refractivity contribution in [2.45, 2.75) is 0 Å². The first kappa shape index (κ1) is 19.1. The molecule has 9 heteroatoms. The summed E-state index contributed by atoms with van der Waals surface area (Å²) < 4.78 is 1.18. The van der Waals surface area contributed by atoms with Gasteiger partial charge in [-0.2, -0.15) is 10.4 Å². The third-order valence-corrected chi connectivity index (χ3v) is 4.23. The number of hydrogen-bond donors (Lipinski definition) is 1. The zero-order chi connectivity index (χ0) is 20.3. The minimum atomic E-state index is -0.341. The molecule has 0 aliphatic rings. The summed E-state index contributed by atoms with van der Waals surface area (Å²) in [5, 5.41) is 15.2. The zero-order valence-corrected chi connectivity index (χ0v) is 15.8. The van der Waals surface area contributed by atoms with E-state index in [4.69, 9.17) is 11.6 Å². The second kappa shape index (κ2) is 7.90. The number of hydrogen-bond acceptors (Lipinski definition) is 6. The lowest BCUT2D eigenvalue weighted by Gasteiger charge is -2.20. The Balaban J connectivity index is 2.38. The van der Waals surface area contributed by atoms with Gasteiger partial charge in [-0.05, 0) is 35.4 Å². The zero-order valence-electron chi connectivity index (χ0n) is 15.0. The third kappa shape index (κ3) is 3.70. The van der Waals surface area contributed by atoms with Gasteiger partial charge >= 0.3 is 0 Å². The predicted octanol–water partition coefficient (Wildman–Crippen LogP) is 2.45. The van der Waals surface area contributed by atoms with Crippen LogP contribution in [0.5, 0.6) is 0 Å². The van der Waals surface area contributed by atoms with E-state index in [1.165, 1.54) is 30.0 Å². The first-order valence-corrected chi connectivity index (χ1v) is 8.51. The van der Waals surface area contributed by atoms with Crippen LogP contribution in [0.25, 0.3) is 22.3 Å². The van der Waals surface area contributed by atoms with E-state index < -0.39 is 0 Å². The number of aromatic nitrogens is 3. The number of halogens is 1. The molecule has 0 aliphatic heterocycles. The number of anilines is 1. The molecule has 0 unspecified atom stereocenters. The molecule has 0 spiro atoms. The summed E-state index contributed by atoms with van der Waals surface area (Å²) in [6, 6.07) is 12.0. The van der Waals surface area contributed by atoms with Crippen LogP contribution >= 0.6 is 11.6 Å². The molecule has 0 atom stereocenters. The fraction of sp³-hybridized carbons (Fsp3) is 0.105. The average molecular weight is 395 g/mol. The van der Waals surface area contributed by atoms with Crippen LogP contribution in [0.1, 0.15) is 5.69 Å². The number of carbonyl (C=O) groups is 1. The highest BCUT2D eigenvalue weighted by Gasteiger charge is 2.21. The molecule has 8 nitrogen and oxygen atoms in total. The van der Waals surface area contributed by atoms with Gasteiger partial charge in [0.2, 0.25) is 6.41 Å². The van der Waals surface area contributed by atoms with Crippen LogP contribution < -0.4 is 11.0 Å². The van der Waals surface area contributed by atoms with E-state index in [0.29, 0.717) is 33.7 Å². The van der Waals surface area contributed by atoms with Gasteiger partial charge in [0.05, 0.1) is 5.56 Å². The number of benzene rings is 1. The van der Waals surface area contributed by atoms with Crippen LogP contribution in [-0.2, 0) is 11.8 Å². The molecule has 0 saturated carbocycles. The van der Waals surface area contributed by atoms with E-state index in [1.54, 1.807) is 36.4 Å². The Labute approximate surface area is 165 Å². The van der Waals surface area contributed by atoms with Gasteiger partial charge in [-0.1, -0.05) is 23.7 Å². The van der Waals surface area contributed by atoms with E-state index >= 15 is 0 Å². The Morgan fingerprint density at radius 1 is 1.21 bits per heavy atom. The maximum atomic E-state index is 13.0. The van der Waals surface area contributed by atoms with Crippen LogP contribution in [0.2, 0.25) is 5.02 Å². The van der Waals surface area contributed by atoms with Gasteiger partial charge in [0.15, 0.2) is 5.82 Å². The summed E-state index contributed by atoms with van der Waals surface area (Å²) >= 11 is 5.99. The number of aryl methyl sites for hydroxylation is 1. The maximum absolute atomic E-state index is 13.0.